The molecule has 2 fully saturated rings. The molecule has 0 aliphatic heterocycles. The molecular formula is C21H38O. The highest BCUT2D eigenvalue weighted by atomic mass is 16.5. The third-order valence-corrected chi connectivity index (χ3v) is 6.12. The zero-order valence-electron chi connectivity index (χ0n) is 15.1. The lowest BCUT2D eigenvalue weighted by atomic mass is 9.76. The van der Waals surface area contributed by atoms with Gasteiger partial charge in [0.05, 0.1) is 6.10 Å². The lowest BCUT2D eigenvalue weighted by Crippen LogP contribution is -2.22. The smallest absolute Gasteiger partial charge is 0.0575 e. The molecule has 1 heteroatoms. The molecule has 0 N–H and O–H groups in total. The molecule has 0 heterocycles. The Morgan fingerprint density at radius 3 is 1.77 bits per heavy atom. The van der Waals surface area contributed by atoms with Crippen LogP contribution in [-0.4, -0.2) is 12.7 Å². The average molecular weight is 307 g/mol. The maximum Gasteiger partial charge on any atom is 0.0575 e. The van der Waals surface area contributed by atoms with Crippen molar-refractivity contribution >= 4 is 0 Å². The maximum atomic E-state index is 5.77. The van der Waals surface area contributed by atoms with Crippen LogP contribution in [-0.2, 0) is 4.74 Å². The minimum Gasteiger partial charge on any atom is -0.379 e. The van der Waals surface area contributed by atoms with E-state index < -0.39 is 0 Å². The van der Waals surface area contributed by atoms with Crippen molar-refractivity contribution in [1.82, 2.24) is 0 Å². The standard InChI is InChI=1S/C21H38O/c1-3-5-6-7-18-8-10-19(11-9-18)12-13-20-14-16-21(17-15-20)22-4-2/h3,5,18-21H,4,6-17H2,1-2H3/b5-3+. The summed E-state index contributed by atoms with van der Waals surface area (Å²) in [6.07, 6.45) is 22.3. The minimum atomic E-state index is 0.578. The number of rotatable bonds is 8. The first kappa shape index (κ1) is 18.0. The van der Waals surface area contributed by atoms with Crippen LogP contribution in [0.5, 0.6) is 0 Å². The van der Waals surface area contributed by atoms with Crippen LogP contribution >= 0.6 is 0 Å². The largest absolute Gasteiger partial charge is 0.379 e. The highest BCUT2D eigenvalue weighted by molar-refractivity contribution is 4.81. The third-order valence-electron chi connectivity index (χ3n) is 6.12. The molecule has 0 aromatic carbocycles. The first-order valence-corrected chi connectivity index (χ1v) is 10.0. The normalized spacial score (nSPS) is 33.4. The van der Waals surface area contributed by atoms with Gasteiger partial charge in [0, 0.05) is 6.61 Å². The van der Waals surface area contributed by atoms with Crippen molar-refractivity contribution in [2.45, 2.75) is 97.0 Å². The first-order valence-electron chi connectivity index (χ1n) is 10.0. The predicted octanol–water partition coefficient (Wildman–Crippen LogP) is 6.52. The molecule has 2 saturated carbocycles. The summed E-state index contributed by atoms with van der Waals surface area (Å²) in [5.41, 5.74) is 0. The summed E-state index contributed by atoms with van der Waals surface area (Å²) in [7, 11) is 0. The Labute approximate surface area is 138 Å². The zero-order chi connectivity index (χ0) is 15.6. The Balaban J connectivity index is 1.54. The summed E-state index contributed by atoms with van der Waals surface area (Å²) in [4.78, 5) is 0. The summed E-state index contributed by atoms with van der Waals surface area (Å²) in [6.45, 7) is 5.16. The molecule has 0 atom stereocenters. The molecule has 22 heavy (non-hydrogen) atoms. The van der Waals surface area contributed by atoms with Crippen LogP contribution in [0.1, 0.15) is 90.9 Å². The quantitative estimate of drug-likeness (QED) is 0.463. The second-order valence-corrected chi connectivity index (χ2v) is 7.71. The molecule has 0 aromatic heterocycles. The summed E-state index contributed by atoms with van der Waals surface area (Å²) < 4.78 is 5.77. The number of ether oxygens (including phenoxy) is 1. The van der Waals surface area contributed by atoms with Crippen LogP contribution in [0.3, 0.4) is 0 Å². The van der Waals surface area contributed by atoms with Crippen molar-refractivity contribution < 1.29 is 4.74 Å². The van der Waals surface area contributed by atoms with Gasteiger partial charge in [-0.15, -0.1) is 0 Å². The number of hydrogen-bond donors (Lipinski definition) is 0. The van der Waals surface area contributed by atoms with Crippen molar-refractivity contribution in [1.29, 1.82) is 0 Å². The van der Waals surface area contributed by atoms with Gasteiger partial charge in [0.25, 0.3) is 0 Å². The Morgan fingerprint density at radius 2 is 1.27 bits per heavy atom. The minimum absolute atomic E-state index is 0.578. The molecule has 0 unspecified atom stereocenters. The third kappa shape index (κ3) is 6.44. The van der Waals surface area contributed by atoms with E-state index in [0.717, 1.165) is 24.4 Å². The average Bonchev–Trinajstić information content (AvgIpc) is 2.56. The number of allylic oxidation sites excluding steroid dienone is 2. The molecule has 0 spiro atoms. The molecule has 0 aromatic rings. The van der Waals surface area contributed by atoms with Gasteiger partial charge in [0.15, 0.2) is 0 Å². The van der Waals surface area contributed by atoms with E-state index in [1.54, 1.807) is 0 Å². The molecule has 2 aliphatic carbocycles. The van der Waals surface area contributed by atoms with Gasteiger partial charge in [-0.25, -0.2) is 0 Å². The van der Waals surface area contributed by atoms with Gasteiger partial charge >= 0.3 is 0 Å². The van der Waals surface area contributed by atoms with Crippen molar-refractivity contribution in [2.75, 3.05) is 6.61 Å². The predicted molar refractivity (Wildman–Crippen MR) is 96.1 cm³/mol. The van der Waals surface area contributed by atoms with E-state index in [1.807, 2.05) is 0 Å². The van der Waals surface area contributed by atoms with Gasteiger partial charge in [-0.1, -0.05) is 50.7 Å². The first-order chi connectivity index (χ1) is 10.8. The Bertz CT molecular complexity index is 293. The number of hydrogen-bond acceptors (Lipinski definition) is 1. The van der Waals surface area contributed by atoms with Crippen LogP contribution in [0.2, 0.25) is 0 Å². The highest BCUT2D eigenvalue weighted by Gasteiger charge is 2.24. The molecular weight excluding hydrogens is 268 g/mol. The molecule has 0 radical (unpaired) electrons. The van der Waals surface area contributed by atoms with Crippen molar-refractivity contribution in [3.05, 3.63) is 12.2 Å². The van der Waals surface area contributed by atoms with Crippen LogP contribution in [0.25, 0.3) is 0 Å². The second kappa shape index (κ2) is 10.5. The molecule has 2 aliphatic rings. The fraction of sp³-hybridized carbons (Fsp3) is 0.905. The molecule has 1 nitrogen and oxygen atoms in total. The molecule has 0 amide bonds. The van der Waals surface area contributed by atoms with E-state index >= 15 is 0 Å². The maximum absolute atomic E-state index is 5.77. The Morgan fingerprint density at radius 1 is 0.773 bits per heavy atom. The highest BCUT2D eigenvalue weighted by Crippen LogP contribution is 2.37. The molecule has 0 bridgehead atoms. The van der Waals surface area contributed by atoms with Crippen LogP contribution in [0.15, 0.2) is 12.2 Å². The van der Waals surface area contributed by atoms with Crippen LogP contribution in [0, 0.1) is 17.8 Å². The fourth-order valence-electron chi connectivity index (χ4n) is 4.60. The topological polar surface area (TPSA) is 9.23 Å². The van der Waals surface area contributed by atoms with E-state index in [-0.39, 0.29) is 0 Å². The van der Waals surface area contributed by atoms with Crippen molar-refractivity contribution in [3.8, 4) is 0 Å². The summed E-state index contributed by atoms with van der Waals surface area (Å²) in [5.74, 6) is 3.07. The summed E-state index contributed by atoms with van der Waals surface area (Å²) in [6, 6.07) is 0. The van der Waals surface area contributed by atoms with E-state index in [9.17, 15) is 0 Å². The molecule has 2 rings (SSSR count). The summed E-state index contributed by atoms with van der Waals surface area (Å²) >= 11 is 0. The Kier molecular flexibility index (Phi) is 8.59. The van der Waals surface area contributed by atoms with Crippen molar-refractivity contribution in [2.24, 2.45) is 17.8 Å². The van der Waals surface area contributed by atoms with Gasteiger partial charge in [-0.3, -0.25) is 0 Å². The Hall–Kier alpha value is -0.300. The van der Waals surface area contributed by atoms with Gasteiger partial charge < -0.3 is 4.74 Å². The van der Waals surface area contributed by atoms with Gasteiger partial charge in [-0.2, -0.15) is 0 Å². The lowest BCUT2D eigenvalue weighted by Gasteiger charge is -2.32. The van der Waals surface area contributed by atoms with E-state index in [1.165, 1.54) is 77.0 Å². The summed E-state index contributed by atoms with van der Waals surface area (Å²) in [5, 5.41) is 0. The van der Waals surface area contributed by atoms with Gasteiger partial charge in [-0.05, 0) is 70.1 Å². The van der Waals surface area contributed by atoms with Crippen LogP contribution < -0.4 is 0 Å². The monoisotopic (exact) mass is 306 g/mol. The molecule has 128 valence electrons. The SMILES string of the molecule is C/C=C/CCC1CCC(CCC2CCC(OCC)CC2)CC1. The van der Waals surface area contributed by atoms with E-state index in [0.29, 0.717) is 6.10 Å². The fourth-order valence-corrected chi connectivity index (χ4v) is 4.60. The van der Waals surface area contributed by atoms with E-state index in [4.69, 9.17) is 4.74 Å². The zero-order valence-corrected chi connectivity index (χ0v) is 15.1. The lowest BCUT2D eigenvalue weighted by molar-refractivity contribution is 0.0238. The second-order valence-electron chi connectivity index (χ2n) is 7.71. The van der Waals surface area contributed by atoms with E-state index in [2.05, 4.69) is 26.0 Å². The van der Waals surface area contributed by atoms with Crippen LogP contribution in [0.4, 0.5) is 0 Å². The van der Waals surface area contributed by atoms with Gasteiger partial charge in [0.1, 0.15) is 0 Å². The van der Waals surface area contributed by atoms with Crippen molar-refractivity contribution in [3.63, 3.8) is 0 Å². The van der Waals surface area contributed by atoms with Gasteiger partial charge in [0.2, 0.25) is 0 Å². The molecule has 0 saturated heterocycles.